The van der Waals surface area contributed by atoms with Crippen molar-refractivity contribution in [1.29, 1.82) is 0 Å². The lowest BCUT2D eigenvalue weighted by Crippen LogP contribution is -2.52. The molecule has 0 atom stereocenters. The third kappa shape index (κ3) is 2.73. The van der Waals surface area contributed by atoms with Gasteiger partial charge in [-0.3, -0.25) is 19.3 Å². The second-order valence-electron chi connectivity index (χ2n) is 4.40. The molecule has 1 aromatic carbocycles. The van der Waals surface area contributed by atoms with Crippen LogP contribution in [0.5, 0.6) is 0 Å². The fraction of sp³-hybridized carbons (Fsp3) is 0.308. The summed E-state index contributed by atoms with van der Waals surface area (Å²) >= 11 is 0. The third-order valence-electron chi connectivity index (χ3n) is 3.07. The zero-order valence-corrected chi connectivity index (χ0v) is 10.5. The predicted molar refractivity (Wildman–Crippen MR) is 67.8 cm³/mol. The van der Waals surface area contributed by atoms with Gasteiger partial charge < -0.3 is 10.0 Å². The van der Waals surface area contributed by atoms with Crippen LogP contribution < -0.4 is 4.90 Å². The van der Waals surface area contributed by atoms with Crippen LogP contribution in [0.2, 0.25) is 0 Å². The van der Waals surface area contributed by atoms with Crippen LogP contribution in [0.1, 0.15) is 5.56 Å². The molecule has 1 heterocycles. The van der Waals surface area contributed by atoms with Gasteiger partial charge in [0, 0.05) is 12.7 Å². The molecule has 1 aliphatic rings. The molecule has 6 heteroatoms. The van der Waals surface area contributed by atoms with E-state index in [1.54, 1.807) is 29.2 Å². The van der Waals surface area contributed by atoms with Gasteiger partial charge in [-0.25, -0.2) is 0 Å². The minimum atomic E-state index is -0.945. The Bertz CT molecular complexity index is 523. The maximum atomic E-state index is 11.7. The van der Waals surface area contributed by atoms with Crippen LogP contribution in [0.15, 0.2) is 24.3 Å². The molecular weight excluding hydrogens is 248 g/mol. The number of imide groups is 1. The highest BCUT2D eigenvalue weighted by molar-refractivity contribution is 6.02. The lowest BCUT2D eigenvalue weighted by atomic mass is 10.1. The number of nitrogens with zero attached hydrogens (tertiary/aromatic N) is 2. The summed E-state index contributed by atoms with van der Waals surface area (Å²) in [5.74, 6) is -1.53. The van der Waals surface area contributed by atoms with Crippen LogP contribution in [-0.4, -0.2) is 47.9 Å². The first-order chi connectivity index (χ1) is 8.99. The quantitative estimate of drug-likeness (QED) is 0.783. The van der Waals surface area contributed by atoms with Gasteiger partial charge in [-0.2, -0.15) is 0 Å². The van der Waals surface area contributed by atoms with Crippen molar-refractivity contribution in [3.05, 3.63) is 29.8 Å². The Hall–Kier alpha value is -2.37. The summed E-state index contributed by atoms with van der Waals surface area (Å²) in [5, 5.41) is 8.88. The van der Waals surface area contributed by atoms with Crippen molar-refractivity contribution < 1.29 is 19.5 Å². The fourth-order valence-corrected chi connectivity index (χ4v) is 2.04. The lowest BCUT2D eigenvalue weighted by molar-refractivity contribution is -0.143. The summed E-state index contributed by atoms with van der Waals surface area (Å²) in [4.78, 5) is 36.9. The van der Waals surface area contributed by atoms with E-state index in [9.17, 15) is 14.4 Å². The average Bonchev–Trinajstić information content (AvgIpc) is 2.35. The van der Waals surface area contributed by atoms with Crippen molar-refractivity contribution in [2.24, 2.45) is 0 Å². The van der Waals surface area contributed by atoms with E-state index in [1.807, 2.05) is 0 Å². The lowest BCUT2D eigenvalue weighted by Gasteiger charge is -2.33. The van der Waals surface area contributed by atoms with Crippen molar-refractivity contribution in [2.75, 3.05) is 25.0 Å². The molecule has 2 rings (SSSR count). The fourth-order valence-electron chi connectivity index (χ4n) is 2.04. The van der Waals surface area contributed by atoms with Gasteiger partial charge in [0.2, 0.25) is 11.8 Å². The number of carboxylic acids is 1. The molecule has 100 valence electrons. The molecule has 0 radical (unpaired) electrons. The Morgan fingerprint density at radius 3 is 2.37 bits per heavy atom. The molecule has 1 saturated heterocycles. The molecule has 1 aliphatic heterocycles. The highest BCUT2D eigenvalue weighted by Gasteiger charge is 2.29. The number of likely N-dealkylation sites (N-methyl/N-ethyl adjacent to an activating group) is 1. The molecule has 0 aromatic heterocycles. The van der Waals surface area contributed by atoms with Crippen molar-refractivity contribution >= 4 is 23.5 Å². The second kappa shape index (κ2) is 5.09. The third-order valence-corrected chi connectivity index (χ3v) is 3.07. The molecule has 0 unspecified atom stereocenters. The van der Waals surface area contributed by atoms with Gasteiger partial charge in [0.05, 0.1) is 19.5 Å². The van der Waals surface area contributed by atoms with Crippen LogP contribution in [0, 0.1) is 0 Å². The van der Waals surface area contributed by atoms with Crippen LogP contribution in [0.4, 0.5) is 5.69 Å². The van der Waals surface area contributed by atoms with Crippen LogP contribution in [0.25, 0.3) is 0 Å². The van der Waals surface area contributed by atoms with Crippen molar-refractivity contribution in [3.63, 3.8) is 0 Å². The monoisotopic (exact) mass is 262 g/mol. The summed E-state index contributed by atoms with van der Waals surface area (Å²) in [6, 6.07) is 6.91. The molecular formula is C13H14N2O4. The summed E-state index contributed by atoms with van der Waals surface area (Å²) in [5.41, 5.74) is 1.22. The Morgan fingerprint density at radius 1 is 1.21 bits per heavy atom. The van der Waals surface area contributed by atoms with E-state index in [0.717, 1.165) is 4.90 Å². The van der Waals surface area contributed by atoms with Gasteiger partial charge >= 0.3 is 5.97 Å². The van der Waals surface area contributed by atoms with Crippen LogP contribution in [0.3, 0.4) is 0 Å². The van der Waals surface area contributed by atoms with E-state index in [-0.39, 0.29) is 31.3 Å². The molecule has 0 spiro atoms. The van der Waals surface area contributed by atoms with Gasteiger partial charge in [-0.15, -0.1) is 0 Å². The number of benzene rings is 1. The Labute approximate surface area is 110 Å². The SMILES string of the molecule is CN1C(=O)CN(c2ccccc2CC(=O)O)CC1=O. The molecule has 0 bridgehead atoms. The van der Waals surface area contributed by atoms with Gasteiger partial charge in [-0.05, 0) is 11.6 Å². The first-order valence-corrected chi connectivity index (χ1v) is 5.83. The number of anilines is 1. The minimum absolute atomic E-state index is 0.0822. The molecule has 1 fully saturated rings. The number of aliphatic carboxylic acids is 1. The van der Waals surface area contributed by atoms with E-state index in [1.165, 1.54) is 7.05 Å². The zero-order chi connectivity index (χ0) is 14.0. The van der Waals surface area contributed by atoms with Gasteiger partial charge in [0.25, 0.3) is 0 Å². The molecule has 1 aromatic rings. The maximum Gasteiger partial charge on any atom is 0.307 e. The number of rotatable bonds is 3. The Balaban J connectivity index is 2.29. The number of hydrogen-bond acceptors (Lipinski definition) is 4. The Kier molecular flexibility index (Phi) is 3.50. The van der Waals surface area contributed by atoms with Gasteiger partial charge in [-0.1, -0.05) is 18.2 Å². The first kappa shape index (κ1) is 13.1. The summed E-state index contributed by atoms with van der Waals surface area (Å²) < 4.78 is 0. The van der Waals surface area contributed by atoms with E-state index in [2.05, 4.69) is 0 Å². The molecule has 0 saturated carbocycles. The number of para-hydroxylation sites is 1. The smallest absolute Gasteiger partial charge is 0.307 e. The Morgan fingerprint density at radius 2 is 1.79 bits per heavy atom. The minimum Gasteiger partial charge on any atom is -0.481 e. The van der Waals surface area contributed by atoms with Crippen molar-refractivity contribution in [1.82, 2.24) is 4.90 Å². The summed E-state index contributed by atoms with van der Waals surface area (Å²) in [6.45, 7) is 0.164. The van der Waals surface area contributed by atoms with Crippen molar-refractivity contribution in [3.8, 4) is 0 Å². The summed E-state index contributed by atoms with van der Waals surface area (Å²) in [6.07, 6.45) is -0.134. The summed E-state index contributed by atoms with van der Waals surface area (Å²) in [7, 11) is 1.45. The van der Waals surface area contributed by atoms with E-state index >= 15 is 0 Å². The topological polar surface area (TPSA) is 77.9 Å². The number of hydrogen-bond donors (Lipinski definition) is 1. The van der Waals surface area contributed by atoms with Crippen LogP contribution in [-0.2, 0) is 20.8 Å². The highest BCUT2D eigenvalue weighted by Crippen LogP contribution is 2.22. The van der Waals surface area contributed by atoms with E-state index in [0.29, 0.717) is 11.3 Å². The number of carbonyl (C=O) groups is 3. The molecule has 6 nitrogen and oxygen atoms in total. The van der Waals surface area contributed by atoms with E-state index in [4.69, 9.17) is 5.11 Å². The maximum absolute atomic E-state index is 11.7. The van der Waals surface area contributed by atoms with E-state index < -0.39 is 5.97 Å². The standard InChI is InChI=1S/C13H14N2O4/c1-14-11(16)7-15(8-12(14)17)10-5-3-2-4-9(10)6-13(18)19/h2-5H,6-8H2,1H3,(H,18,19). The highest BCUT2D eigenvalue weighted by atomic mass is 16.4. The normalized spacial score (nSPS) is 15.8. The largest absolute Gasteiger partial charge is 0.481 e. The molecule has 2 amide bonds. The van der Waals surface area contributed by atoms with Gasteiger partial charge in [0.15, 0.2) is 0 Å². The zero-order valence-electron chi connectivity index (χ0n) is 10.5. The number of carbonyl (C=O) groups excluding carboxylic acids is 2. The van der Waals surface area contributed by atoms with Crippen LogP contribution >= 0.6 is 0 Å². The molecule has 1 N–H and O–H groups in total. The average molecular weight is 262 g/mol. The number of amides is 2. The molecule has 19 heavy (non-hydrogen) atoms. The number of piperazine rings is 1. The first-order valence-electron chi connectivity index (χ1n) is 5.83. The predicted octanol–water partition coefficient (Wildman–Crippen LogP) is 0.119. The second-order valence-corrected chi connectivity index (χ2v) is 4.40. The van der Waals surface area contributed by atoms with Crippen molar-refractivity contribution in [2.45, 2.75) is 6.42 Å². The number of carboxylic acid groups (broad SMARTS) is 1. The van der Waals surface area contributed by atoms with Gasteiger partial charge in [0.1, 0.15) is 0 Å². The molecule has 0 aliphatic carbocycles.